The number of aromatic nitrogens is 1. The summed E-state index contributed by atoms with van der Waals surface area (Å²) in [5.74, 6) is 0.621. The van der Waals surface area contributed by atoms with Gasteiger partial charge in [-0.15, -0.1) is 11.3 Å². The number of methoxy groups -OCH3 is 1. The number of fused-ring (bicyclic) bond motifs is 1. The molecule has 98 valence electrons. The van der Waals surface area contributed by atoms with Crippen molar-refractivity contribution in [2.75, 3.05) is 13.7 Å². The van der Waals surface area contributed by atoms with Crippen molar-refractivity contribution >= 4 is 17.3 Å². The van der Waals surface area contributed by atoms with E-state index in [4.69, 9.17) is 9.47 Å². The summed E-state index contributed by atoms with van der Waals surface area (Å²) < 4.78 is 10.2. The highest BCUT2D eigenvalue weighted by atomic mass is 32.1. The summed E-state index contributed by atoms with van der Waals surface area (Å²) in [4.78, 5) is 16.6. The smallest absolute Gasteiger partial charge is 0.349 e. The van der Waals surface area contributed by atoms with Crippen molar-refractivity contribution in [3.05, 3.63) is 34.3 Å². The van der Waals surface area contributed by atoms with Crippen LogP contribution in [-0.2, 0) is 11.2 Å². The highest BCUT2D eigenvalue weighted by molar-refractivity contribution is 7.17. The number of hydrogen-bond acceptors (Lipinski definition) is 5. The zero-order valence-electron chi connectivity index (χ0n) is 10.7. The van der Waals surface area contributed by atoms with Gasteiger partial charge >= 0.3 is 5.97 Å². The van der Waals surface area contributed by atoms with E-state index >= 15 is 0 Å². The number of ether oxygens (including phenoxy) is 2. The minimum Gasteiger partial charge on any atom is -0.493 e. The van der Waals surface area contributed by atoms with Crippen molar-refractivity contribution in [3.63, 3.8) is 0 Å². The molecule has 5 heteroatoms. The summed E-state index contributed by atoms with van der Waals surface area (Å²) in [6.07, 6.45) is 0.928. The number of carbonyl (C=O) groups is 1. The van der Waals surface area contributed by atoms with Gasteiger partial charge in [0.15, 0.2) is 0 Å². The van der Waals surface area contributed by atoms with Crippen LogP contribution >= 0.6 is 11.3 Å². The molecule has 0 saturated carbocycles. The maximum atomic E-state index is 11.6. The molecule has 0 unspecified atom stereocenters. The summed E-state index contributed by atoms with van der Waals surface area (Å²) in [6, 6.07) is 6.03. The van der Waals surface area contributed by atoms with Gasteiger partial charge in [0.05, 0.1) is 19.4 Å². The lowest BCUT2D eigenvalue weighted by molar-refractivity contribution is 0.0605. The fourth-order valence-electron chi connectivity index (χ4n) is 2.12. The van der Waals surface area contributed by atoms with Crippen molar-refractivity contribution in [2.24, 2.45) is 0 Å². The minimum absolute atomic E-state index is 0.328. The van der Waals surface area contributed by atoms with Crippen LogP contribution in [0.3, 0.4) is 0 Å². The molecular formula is C14H13NO3S. The monoisotopic (exact) mass is 275 g/mol. The van der Waals surface area contributed by atoms with Gasteiger partial charge in [-0.1, -0.05) is 0 Å². The lowest BCUT2D eigenvalue weighted by Crippen LogP contribution is -1.99. The predicted molar refractivity (Wildman–Crippen MR) is 72.8 cm³/mol. The molecular weight excluding hydrogens is 262 g/mol. The summed E-state index contributed by atoms with van der Waals surface area (Å²) in [7, 11) is 1.38. The number of benzene rings is 1. The molecule has 1 aromatic heterocycles. The molecule has 0 amide bonds. The Kier molecular flexibility index (Phi) is 2.98. The van der Waals surface area contributed by atoms with Crippen molar-refractivity contribution in [3.8, 4) is 16.3 Å². The van der Waals surface area contributed by atoms with Crippen LogP contribution in [0.4, 0.5) is 0 Å². The van der Waals surface area contributed by atoms with Crippen LogP contribution in [-0.4, -0.2) is 24.7 Å². The SMILES string of the molecule is COC(=O)c1sc(-c2ccc3c(c2)CCO3)nc1C. The Morgan fingerprint density at radius 1 is 1.47 bits per heavy atom. The standard InChI is InChI=1S/C14H13NO3S/c1-8-12(14(16)17-2)19-13(15-8)10-3-4-11-9(7-10)5-6-18-11/h3-4,7H,5-6H2,1-2H3. The largest absolute Gasteiger partial charge is 0.493 e. The second-order valence-electron chi connectivity index (χ2n) is 4.35. The second kappa shape index (κ2) is 4.66. The third-order valence-electron chi connectivity index (χ3n) is 3.10. The second-order valence-corrected chi connectivity index (χ2v) is 5.35. The van der Waals surface area contributed by atoms with Crippen molar-refractivity contribution in [2.45, 2.75) is 13.3 Å². The van der Waals surface area contributed by atoms with Crippen LogP contribution in [0.5, 0.6) is 5.75 Å². The van der Waals surface area contributed by atoms with Gasteiger partial charge in [0.25, 0.3) is 0 Å². The van der Waals surface area contributed by atoms with E-state index < -0.39 is 0 Å². The molecule has 2 heterocycles. The van der Waals surface area contributed by atoms with Gasteiger partial charge in [-0.25, -0.2) is 9.78 Å². The number of thiazole rings is 1. The minimum atomic E-state index is -0.328. The fraction of sp³-hybridized carbons (Fsp3) is 0.286. The molecule has 0 radical (unpaired) electrons. The molecule has 0 fully saturated rings. The predicted octanol–water partition coefficient (Wildman–Crippen LogP) is 2.84. The van der Waals surface area contributed by atoms with Gasteiger partial charge in [-0.05, 0) is 30.7 Å². The van der Waals surface area contributed by atoms with Gasteiger partial charge < -0.3 is 9.47 Å². The average molecular weight is 275 g/mol. The fourth-order valence-corrected chi connectivity index (χ4v) is 3.10. The Bertz CT molecular complexity index is 648. The molecule has 1 aromatic carbocycles. The number of nitrogens with zero attached hydrogens (tertiary/aromatic N) is 1. The molecule has 3 rings (SSSR count). The summed E-state index contributed by atoms with van der Waals surface area (Å²) in [5, 5.41) is 0.840. The Morgan fingerprint density at radius 3 is 3.11 bits per heavy atom. The first-order chi connectivity index (χ1) is 9.19. The lowest BCUT2D eigenvalue weighted by Gasteiger charge is -2.00. The normalized spacial score (nSPS) is 12.9. The van der Waals surface area contributed by atoms with Gasteiger partial charge in [0.1, 0.15) is 15.6 Å². The first-order valence-corrected chi connectivity index (χ1v) is 6.82. The first-order valence-electron chi connectivity index (χ1n) is 6.01. The van der Waals surface area contributed by atoms with E-state index in [1.807, 2.05) is 19.1 Å². The zero-order chi connectivity index (χ0) is 13.4. The molecule has 1 aliphatic heterocycles. The highest BCUT2D eigenvalue weighted by Gasteiger charge is 2.18. The molecule has 1 aliphatic rings. The number of aryl methyl sites for hydroxylation is 1. The maximum Gasteiger partial charge on any atom is 0.349 e. The summed E-state index contributed by atoms with van der Waals surface area (Å²) in [6.45, 7) is 2.56. The molecule has 4 nitrogen and oxygen atoms in total. The van der Waals surface area contributed by atoms with Crippen LogP contribution in [0.25, 0.3) is 10.6 Å². The topological polar surface area (TPSA) is 48.4 Å². The van der Waals surface area contributed by atoms with E-state index in [9.17, 15) is 4.79 Å². The Hall–Kier alpha value is -1.88. The molecule has 19 heavy (non-hydrogen) atoms. The summed E-state index contributed by atoms with van der Waals surface area (Å²) >= 11 is 1.36. The van der Waals surface area contributed by atoms with E-state index in [0.717, 1.165) is 29.3 Å². The Labute approximate surface area is 115 Å². The van der Waals surface area contributed by atoms with Crippen molar-refractivity contribution in [1.29, 1.82) is 0 Å². The number of carbonyl (C=O) groups excluding carboxylic acids is 1. The van der Waals surface area contributed by atoms with Gasteiger partial charge in [0, 0.05) is 12.0 Å². The molecule has 0 bridgehead atoms. The average Bonchev–Trinajstić information content (AvgIpc) is 3.03. The zero-order valence-corrected chi connectivity index (χ0v) is 11.5. The molecule has 2 aromatic rings. The molecule has 0 N–H and O–H groups in total. The van der Waals surface area contributed by atoms with E-state index in [0.29, 0.717) is 10.6 Å². The highest BCUT2D eigenvalue weighted by Crippen LogP contribution is 2.33. The summed E-state index contributed by atoms with van der Waals surface area (Å²) in [5.41, 5.74) is 2.93. The van der Waals surface area contributed by atoms with Crippen molar-refractivity contribution < 1.29 is 14.3 Å². The van der Waals surface area contributed by atoms with Crippen LogP contribution < -0.4 is 4.74 Å². The Balaban J connectivity index is 2.01. The van der Waals surface area contributed by atoms with Crippen LogP contribution in [0, 0.1) is 6.92 Å². The van der Waals surface area contributed by atoms with E-state index in [1.165, 1.54) is 24.0 Å². The third kappa shape index (κ3) is 2.10. The van der Waals surface area contributed by atoms with Crippen LogP contribution in [0.1, 0.15) is 20.9 Å². The van der Waals surface area contributed by atoms with Gasteiger partial charge in [-0.2, -0.15) is 0 Å². The molecule has 0 spiro atoms. The van der Waals surface area contributed by atoms with Crippen LogP contribution in [0.15, 0.2) is 18.2 Å². The molecule has 0 atom stereocenters. The number of esters is 1. The van der Waals surface area contributed by atoms with E-state index in [1.54, 1.807) is 0 Å². The number of rotatable bonds is 2. The lowest BCUT2D eigenvalue weighted by atomic mass is 10.1. The Morgan fingerprint density at radius 2 is 2.32 bits per heavy atom. The first kappa shape index (κ1) is 12.2. The molecule has 0 saturated heterocycles. The quantitative estimate of drug-likeness (QED) is 0.791. The third-order valence-corrected chi connectivity index (χ3v) is 4.29. The number of hydrogen-bond donors (Lipinski definition) is 0. The van der Waals surface area contributed by atoms with Gasteiger partial charge in [0.2, 0.25) is 0 Å². The van der Waals surface area contributed by atoms with Crippen LogP contribution in [0.2, 0.25) is 0 Å². The van der Waals surface area contributed by atoms with Gasteiger partial charge in [-0.3, -0.25) is 0 Å². The van der Waals surface area contributed by atoms with E-state index in [-0.39, 0.29) is 5.97 Å². The molecule has 0 aliphatic carbocycles. The van der Waals surface area contributed by atoms with E-state index in [2.05, 4.69) is 11.1 Å². The van der Waals surface area contributed by atoms with Crippen molar-refractivity contribution in [1.82, 2.24) is 4.98 Å². The maximum absolute atomic E-state index is 11.6.